The van der Waals surface area contributed by atoms with E-state index in [-0.39, 0.29) is 22.7 Å². The Morgan fingerprint density at radius 3 is 1.39 bits per heavy atom. The second-order valence-corrected chi connectivity index (χ2v) is 10.9. The van der Waals surface area contributed by atoms with Crippen LogP contribution >= 0.6 is 0 Å². The second-order valence-electron chi connectivity index (χ2n) is 10.9. The SMILES string of the molecule is CC1=CCCC(C)(C)C1/C=C/C(C)(O)C(C)(O)/C=C/C1C(C)=CCCC1(C)C. The van der Waals surface area contributed by atoms with Crippen LogP contribution in [0.5, 0.6) is 0 Å². The van der Waals surface area contributed by atoms with Gasteiger partial charge in [0.2, 0.25) is 0 Å². The van der Waals surface area contributed by atoms with E-state index in [4.69, 9.17) is 0 Å². The normalized spacial score (nSPS) is 31.9. The van der Waals surface area contributed by atoms with Crippen LogP contribution in [0, 0.1) is 22.7 Å². The molecule has 2 heteroatoms. The largest absolute Gasteiger partial charge is 0.383 e. The number of allylic oxidation sites excluding steroid dienone is 6. The van der Waals surface area contributed by atoms with Gasteiger partial charge in [-0.3, -0.25) is 0 Å². The highest BCUT2D eigenvalue weighted by molar-refractivity contribution is 5.26. The molecule has 0 aromatic rings. The molecule has 158 valence electrons. The van der Waals surface area contributed by atoms with Crippen LogP contribution in [-0.2, 0) is 0 Å². The smallest absolute Gasteiger partial charge is 0.112 e. The van der Waals surface area contributed by atoms with Crippen LogP contribution in [0.25, 0.3) is 0 Å². The summed E-state index contributed by atoms with van der Waals surface area (Å²) in [6.07, 6.45) is 16.9. The van der Waals surface area contributed by atoms with E-state index in [1.54, 1.807) is 26.0 Å². The molecule has 0 aromatic heterocycles. The van der Waals surface area contributed by atoms with Crippen molar-refractivity contribution < 1.29 is 10.2 Å². The molecule has 4 unspecified atom stereocenters. The van der Waals surface area contributed by atoms with Crippen molar-refractivity contribution in [2.75, 3.05) is 0 Å². The third kappa shape index (κ3) is 4.89. The zero-order valence-electron chi connectivity index (χ0n) is 19.3. The molecule has 28 heavy (non-hydrogen) atoms. The van der Waals surface area contributed by atoms with Gasteiger partial charge in [-0.15, -0.1) is 0 Å². The molecule has 0 heterocycles. The van der Waals surface area contributed by atoms with Gasteiger partial charge in [0.05, 0.1) is 0 Å². The lowest BCUT2D eigenvalue weighted by Crippen LogP contribution is -2.47. The fraction of sp³-hybridized carbons (Fsp3) is 0.692. The quantitative estimate of drug-likeness (QED) is 0.539. The van der Waals surface area contributed by atoms with Gasteiger partial charge >= 0.3 is 0 Å². The van der Waals surface area contributed by atoms with E-state index in [2.05, 4.69) is 65.8 Å². The van der Waals surface area contributed by atoms with Crippen molar-refractivity contribution in [2.45, 2.75) is 92.3 Å². The van der Waals surface area contributed by atoms with Gasteiger partial charge < -0.3 is 10.2 Å². The first-order chi connectivity index (χ1) is 12.7. The van der Waals surface area contributed by atoms with Crippen LogP contribution in [0.3, 0.4) is 0 Å². The fourth-order valence-corrected chi connectivity index (χ4v) is 4.87. The Hall–Kier alpha value is -1.12. The number of hydrogen-bond donors (Lipinski definition) is 2. The Bertz CT molecular complexity index is 623. The average Bonchev–Trinajstić information content (AvgIpc) is 2.52. The molecule has 2 aliphatic rings. The summed E-state index contributed by atoms with van der Waals surface area (Å²) >= 11 is 0. The van der Waals surface area contributed by atoms with E-state index in [0.29, 0.717) is 0 Å². The maximum Gasteiger partial charge on any atom is 0.112 e. The van der Waals surface area contributed by atoms with Crippen LogP contribution in [0.1, 0.15) is 81.1 Å². The van der Waals surface area contributed by atoms with Gasteiger partial charge in [-0.05, 0) is 64.2 Å². The zero-order chi connectivity index (χ0) is 21.4. The van der Waals surface area contributed by atoms with Gasteiger partial charge in [0.25, 0.3) is 0 Å². The first-order valence-electron chi connectivity index (χ1n) is 10.9. The minimum absolute atomic E-state index is 0.168. The molecule has 0 aromatic carbocycles. The Morgan fingerprint density at radius 1 is 0.786 bits per heavy atom. The standard InChI is InChI=1S/C26H42O2/c1-19-11-9-15-23(3,4)21(19)13-17-25(7,27)26(8,28)18-14-22-20(2)12-10-16-24(22,5)6/h11-14,17-18,21-22,27-28H,9-10,15-16H2,1-8H3/b17-13+,18-14+. The van der Waals surface area contributed by atoms with Crippen molar-refractivity contribution in [3.8, 4) is 0 Å². The van der Waals surface area contributed by atoms with Crippen LogP contribution in [-0.4, -0.2) is 21.4 Å². The number of aliphatic hydroxyl groups is 2. The predicted molar refractivity (Wildman–Crippen MR) is 120 cm³/mol. The van der Waals surface area contributed by atoms with E-state index < -0.39 is 11.2 Å². The lowest BCUT2D eigenvalue weighted by Gasteiger charge is -2.40. The van der Waals surface area contributed by atoms with Crippen molar-refractivity contribution in [3.05, 3.63) is 47.6 Å². The molecule has 0 radical (unpaired) electrons. The summed E-state index contributed by atoms with van der Waals surface area (Å²) in [5.41, 5.74) is 0.357. The summed E-state index contributed by atoms with van der Waals surface area (Å²) in [7, 11) is 0. The summed E-state index contributed by atoms with van der Waals surface area (Å²) < 4.78 is 0. The van der Waals surface area contributed by atoms with E-state index in [1.807, 2.05) is 0 Å². The average molecular weight is 387 g/mol. The Kier molecular flexibility index (Phi) is 6.58. The monoisotopic (exact) mass is 386 g/mol. The number of rotatable bonds is 5. The molecule has 0 aliphatic heterocycles. The molecule has 0 saturated carbocycles. The molecule has 4 atom stereocenters. The Morgan fingerprint density at radius 2 is 1.11 bits per heavy atom. The number of hydrogen-bond acceptors (Lipinski definition) is 2. The maximum atomic E-state index is 11.1. The van der Waals surface area contributed by atoms with Crippen molar-refractivity contribution in [2.24, 2.45) is 22.7 Å². The third-order valence-electron chi connectivity index (χ3n) is 7.43. The van der Waals surface area contributed by atoms with Crippen LogP contribution in [0.15, 0.2) is 47.6 Å². The summed E-state index contributed by atoms with van der Waals surface area (Å²) in [5, 5.41) is 22.3. The second kappa shape index (κ2) is 7.95. The van der Waals surface area contributed by atoms with Gasteiger partial charge in [0, 0.05) is 11.8 Å². The lowest BCUT2D eigenvalue weighted by molar-refractivity contribution is -0.0691. The zero-order valence-corrected chi connectivity index (χ0v) is 19.3. The molecular formula is C26H42O2. The summed E-state index contributed by atoms with van der Waals surface area (Å²) in [4.78, 5) is 0. The highest BCUT2D eigenvalue weighted by Gasteiger charge is 2.40. The minimum atomic E-state index is -1.34. The van der Waals surface area contributed by atoms with Crippen molar-refractivity contribution in [1.29, 1.82) is 0 Å². The first-order valence-corrected chi connectivity index (χ1v) is 10.9. The van der Waals surface area contributed by atoms with Gasteiger partial charge in [-0.25, -0.2) is 0 Å². The van der Waals surface area contributed by atoms with E-state index in [0.717, 1.165) is 25.7 Å². The van der Waals surface area contributed by atoms with Crippen molar-refractivity contribution >= 4 is 0 Å². The summed E-state index contributed by atoms with van der Waals surface area (Å²) in [6.45, 7) is 16.9. The lowest BCUT2D eigenvalue weighted by atomic mass is 9.67. The molecule has 2 rings (SSSR count). The summed E-state index contributed by atoms with van der Waals surface area (Å²) in [6, 6.07) is 0. The van der Waals surface area contributed by atoms with Crippen LogP contribution in [0.4, 0.5) is 0 Å². The predicted octanol–water partition coefficient (Wildman–Crippen LogP) is 6.37. The highest BCUT2D eigenvalue weighted by atomic mass is 16.3. The molecule has 0 spiro atoms. The molecule has 0 fully saturated rings. The summed E-state index contributed by atoms with van der Waals surface area (Å²) in [5.74, 6) is 0.574. The topological polar surface area (TPSA) is 40.5 Å². The molecule has 0 saturated heterocycles. The maximum absolute atomic E-state index is 11.1. The molecular weight excluding hydrogens is 344 g/mol. The molecule has 2 nitrogen and oxygen atoms in total. The van der Waals surface area contributed by atoms with Crippen LogP contribution in [0.2, 0.25) is 0 Å². The highest BCUT2D eigenvalue weighted by Crippen LogP contribution is 2.43. The van der Waals surface area contributed by atoms with Gasteiger partial charge in [-0.2, -0.15) is 0 Å². The Labute approximate surface area is 173 Å². The molecule has 0 bridgehead atoms. The van der Waals surface area contributed by atoms with Crippen LogP contribution < -0.4 is 0 Å². The van der Waals surface area contributed by atoms with Gasteiger partial charge in [0.1, 0.15) is 11.2 Å². The Balaban J connectivity index is 2.23. The fourth-order valence-electron chi connectivity index (χ4n) is 4.87. The van der Waals surface area contributed by atoms with Gasteiger partial charge in [0.15, 0.2) is 0 Å². The van der Waals surface area contributed by atoms with E-state index in [9.17, 15) is 10.2 Å². The van der Waals surface area contributed by atoms with E-state index >= 15 is 0 Å². The third-order valence-corrected chi connectivity index (χ3v) is 7.43. The van der Waals surface area contributed by atoms with Crippen molar-refractivity contribution in [1.82, 2.24) is 0 Å². The van der Waals surface area contributed by atoms with E-state index in [1.165, 1.54) is 11.1 Å². The molecule has 0 amide bonds. The first kappa shape index (κ1) is 23.2. The van der Waals surface area contributed by atoms with Gasteiger partial charge in [-0.1, -0.05) is 75.3 Å². The minimum Gasteiger partial charge on any atom is -0.383 e. The van der Waals surface area contributed by atoms with Crippen molar-refractivity contribution in [3.63, 3.8) is 0 Å². The molecule has 2 N–H and O–H groups in total. The molecule has 2 aliphatic carbocycles.